The number of benzene rings is 1. The predicted octanol–water partition coefficient (Wildman–Crippen LogP) is 4.69. The number of hydrogen-bond acceptors (Lipinski definition) is 6. The van der Waals surface area contributed by atoms with E-state index in [0.717, 1.165) is 24.1 Å². The third kappa shape index (κ3) is 7.18. The molecule has 9 heteroatoms. The van der Waals surface area contributed by atoms with Gasteiger partial charge < -0.3 is 24.4 Å². The summed E-state index contributed by atoms with van der Waals surface area (Å²) in [5.41, 5.74) is 1.63. The molecule has 1 saturated heterocycles. The number of nitrogens with one attached hydrogen (secondary N) is 1. The summed E-state index contributed by atoms with van der Waals surface area (Å²) in [5, 5.41) is 3.42. The number of hydrogen-bond donors (Lipinski definition) is 1. The molecule has 0 spiro atoms. The van der Waals surface area contributed by atoms with Crippen LogP contribution in [-0.4, -0.2) is 82.5 Å². The van der Waals surface area contributed by atoms with Gasteiger partial charge in [0.15, 0.2) is 5.69 Å². The highest BCUT2D eigenvalue weighted by Crippen LogP contribution is 2.35. The molecule has 1 aromatic heterocycles. The molecular weight excluding hydrogens is 518 g/mol. The average molecular weight is 566 g/mol. The molecule has 224 valence electrons. The molecule has 0 radical (unpaired) electrons. The van der Waals surface area contributed by atoms with Crippen LogP contribution in [-0.2, 0) is 14.3 Å². The molecule has 2 heterocycles. The first kappa shape index (κ1) is 30.8. The van der Waals surface area contributed by atoms with Crippen molar-refractivity contribution in [2.75, 3.05) is 33.3 Å². The van der Waals surface area contributed by atoms with E-state index in [0.29, 0.717) is 44.3 Å². The van der Waals surface area contributed by atoms with E-state index < -0.39 is 5.41 Å². The van der Waals surface area contributed by atoms with E-state index in [1.54, 1.807) is 13.8 Å². The number of amides is 2. The smallest absolute Gasteiger partial charge is 0.311 e. The number of ether oxygens (including phenoxy) is 1. The van der Waals surface area contributed by atoms with Crippen molar-refractivity contribution in [1.82, 2.24) is 24.7 Å². The lowest BCUT2D eigenvalue weighted by atomic mass is 9.87. The van der Waals surface area contributed by atoms with Crippen LogP contribution in [0.4, 0.5) is 0 Å². The standard InChI is InChI=1S/C32H47N5O4/c1-23(2)36(27(38)16-17-32(3,4)31(40)41-5)21-26-20-33-18-19-35(26)30(39)28-29(24-12-8-6-9-13-24)37(22-34-28)25-14-10-7-11-15-25/h6,8-9,12-13,22-23,25-26,33H,7,10-11,14-21H2,1-5H3/t26-/m0/s1. The van der Waals surface area contributed by atoms with E-state index in [1.165, 1.54) is 26.4 Å². The van der Waals surface area contributed by atoms with Crippen molar-refractivity contribution in [3.8, 4) is 11.3 Å². The van der Waals surface area contributed by atoms with E-state index in [-0.39, 0.29) is 36.3 Å². The minimum atomic E-state index is -0.744. The Morgan fingerprint density at radius 2 is 1.83 bits per heavy atom. The van der Waals surface area contributed by atoms with E-state index >= 15 is 0 Å². The van der Waals surface area contributed by atoms with Gasteiger partial charge in [0.05, 0.1) is 30.6 Å². The van der Waals surface area contributed by atoms with Crippen molar-refractivity contribution >= 4 is 17.8 Å². The maximum Gasteiger partial charge on any atom is 0.311 e. The third-order valence-corrected chi connectivity index (χ3v) is 8.68. The summed E-state index contributed by atoms with van der Waals surface area (Å²) in [7, 11) is 1.37. The van der Waals surface area contributed by atoms with Crippen LogP contribution in [0, 0.1) is 5.41 Å². The van der Waals surface area contributed by atoms with Crippen molar-refractivity contribution < 1.29 is 19.1 Å². The lowest BCUT2D eigenvalue weighted by Gasteiger charge is -2.40. The molecule has 0 bridgehead atoms. The maximum absolute atomic E-state index is 14.3. The average Bonchev–Trinajstić information content (AvgIpc) is 3.44. The fourth-order valence-corrected chi connectivity index (χ4v) is 6.13. The molecule has 1 aliphatic carbocycles. The number of carbonyl (C=O) groups is 3. The Labute approximate surface area is 244 Å². The number of piperazine rings is 1. The summed E-state index contributed by atoms with van der Waals surface area (Å²) in [6.07, 6.45) is 8.31. The van der Waals surface area contributed by atoms with Crippen LogP contribution in [0.1, 0.15) is 89.2 Å². The number of rotatable bonds is 10. The summed E-state index contributed by atoms with van der Waals surface area (Å²) in [4.78, 5) is 48.3. The van der Waals surface area contributed by atoms with Gasteiger partial charge in [0.2, 0.25) is 5.91 Å². The highest BCUT2D eigenvalue weighted by atomic mass is 16.5. The monoisotopic (exact) mass is 565 g/mol. The zero-order valence-corrected chi connectivity index (χ0v) is 25.4. The van der Waals surface area contributed by atoms with Gasteiger partial charge in [-0.15, -0.1) is 0 Å². The third-order valence-electron chi connectivity index (χ3n) is 8.68. The van der Waals surface area contributed by atoms with Crippen LogP contribution in [0.3, 0.4) is 0 Å². The summed E-state index contributed by atoms with van der Waals surface area (Å²) in [6, 6.07) is 10.2. The van der Waals surface area contributed by atoms with Gasteiger partial charge in [0.1, 0.15) is 0 Å². The van der Waals surface area contributed by atoms with Crippen molar-refractivity contribution in [3.63, 3.8) is 0 Å². The topological polar surface area (TPSA) is 96.8 Å². The number of methoxy groups -OCH3 is 1. The van der Waals surface area contributed by atoms with Gasteiger partial charge in [-0.25, -0.2) is 4.98 Å². The zero-order chi connectivity index (χ0) is 29.6. The van der Waals surface area contributed by atoms with Crippen molar-refractivity contribution in [2.24, 2.45) is 5.41 Å². The van der Waals surface area contributed by atoms with E-state index in [9.17, 15) is 14.4 Å². The predicted molar refractivity (Wildman–Crippen MR) is 159 cm³/mol. The molecule has 1 atom stereocenters. The van der Waals surface area contributed by atoms with Gasteiger partial charge in [-0.3, -0.25) is 14.4 Å². The molecule has 2 fully saturated rings. The fraction of sp³-hybridized carbons (Fsp3) is 0.625. The van der Waals surface area contributed by atoms with Gasteiger partial charge in [-0.05, 0) is 47.0 Å². The molecule has 0 unspecified atom stereocenters. The Kier molecular flexibility index (Phi) is 10.2. The first-order chi connectivity index (χ1) is 19.6. The largest absolute Gasteiger partial charge is 0.469 e. The highest BCUT2D eigenvalue weighted by molar-refractivity contribution is 5.98. The summed E-state index contributed by atoms with van der Waals surface area (Å²) >= 11 is 0. The van der Waals surface area contributed by atoms with E-state index in [4.69, 9.17) is 9.72 Å². The second kappa shape index (κ2) is 13.6. The molecule has 41 heavy (non-hydrogen) atoms. The van der Waals surface area contributed by atoms with E-state index in [2.05, 4.69) is 22.0 Å². The number of aromatic nitrogens is 2. The van der Waals surface area contributed by atoms with Gasteiger partial charge in [0.25, 0.3) is 5.91 Å². The molecule has 1 saturated carbocycles. The van der Waals surface area contributed by atoms with Gasteiger partial charge >= 0.3 is 5.97 Å². The van der Waals surface area contributed by atoms with Crippen LogP contribution >= 0.6 is 0 Å². The molecule has 2 amide bonds. The number of imidazole rings is 1. The quantitative estimate of drug-likeness (QED) is 0.420. The van der Waals surface area contributed by atoms with Gasteiger partial charge in [-0.2, -0.15) is 0 Å². The fourth-order valence-electron chi connectivity index (χ4n) is 6.13. The van der Waals surface area contributed by atoms with Gasteiger partial charge in [0, 0.05) is 50.2 Å². The Bertz CT molecular complexity index is 1190. The molecule has 1 N–H and O–H groups in total. The Balaban J connectivity index is 1.57. The Morgan fingerprint density at radius 1 is 1.12 bits per heavy atom. The molecule has 9 nitrogen and oxygen atoms in total. The Morgan fingerprint density at radius 3 is 2.49 bits per heavy atom. The molecule has 4 rings (SSSR count). The molecular formula is C32H47N5O4. The summed E-state index contributed by atoms with van der Waals surface area (Å²) < 4.78 is 7.15. The Hall–Kier alpha value is -3.20. The van der Waals surface area contributed by atoms with Crippen molar-refractivity contribution in [3.05, 3.63) is 42.4 Å². The highest BCUT2D eigenvalue weighted by Gasteiger charge is 2.35. The van der Waals surface area contributed by atoms with Crippen molar-refractivity contribution in [2.45, 2.75) is 90.8 Å². The van der Waals surface area contributed by atoms with Crippen LogP contribution < -0.4 is 5.32 Å². The number of carbonyl (C=O) groups excluding carboxylic acids is 3. The van der Waals surface area contributed by atoms with Gasteiger partial charge in [-0.1, -0.05) is 49.6 Å². The maximum atomic E-state index is 14.3. The second-order valence-corrected chi connectivity index (χ2v) is 12.4. The first-order valence-electron chi connectivity index (χ1n) is 15.2. The molecule has 2 aliphatic rings. The summed E-state index contributed by atoms with van der Waals surface area (Å²) in [6.45, 7) is 9.83. The lowest BCUT2D eigenvalue weighted by Crippen LogP contribution is -2.59. The second-order valence-electron chi connectivity index (χ2n) is 12.4. The van der Waals surface area contributed by atoms with E-state index in [1.807, 2.05) is 48.2 Å². The molecule has 2 aromatic rings. The van der Waals surface area contributed by atoms with Crippen LogP contribution in [0.25, 0.3) is 11.3 Å². The van der Waals surface area contributed by atoms with Crippen molar-refractivity contribution in [1.29, 1.82) is 0 Å². The molecule has 1 aromatic carbocycles. The zero-order valence-electron chi connectivity index (χ0n) is 25.4. The lowest BCUT2D eigenvalue weighted by molar-refractivity contribution is -0.151. The number of esters is 1. The van der Waals surface area contributed by atoms with Crippen LogP contribution in [0.15, 0.2) is 36.7 Å². The summed E-state index contributed by atoms with van der Waals surface area (Å²) in [5.74, 6) is -0.439. The minimum absolute atomic E-state index is 0.0264. The first-order valence-corrected chi connectivity index (χ1v) is 15.2. The van der Waals surface area contributed by atoms with Crippen LogP contribution in [0.5, 0.6) is 0 Å². The van der Waals surface area contributed by atoms with Crippen LogP contribution in [0.2, 0.25) is 0 Å². The minimum Gasteiger partial charge on any atom is -0.469 e. The number of nitrogens with zero attached hydrogens (tertiary/aromatic N) is 4. The normalized spacial score (nSPS) is 18.4. The SMILES string of the molecule is COC(=O)C(C)(C)CCC(=O)N(C[C@@H]1CNCCN1C(=O)c1ncn(C2CCCCC2)c1-c1ccccc1)C(C)C. The molecule has 1 aliphatic heterocycles.